The van der Waals surface area contributed by atoms with Gasteiger partial charge < -0.3 is 20.1 Å². The van der Waals surface area contributed by atoms with Gasteiger partial charge in [0.25, 0.3) is 0 Å². The lowest BCUT2D eigenvalue weighted by Crippen LogP contribution is -2.54. The predicted octanol–water partition coefficient (Wildman–Crippen LogP) is 0.839. The maximum atomic E-state index is 12.3. The van der Waals surface area contributed by atoms with Gasteiger partial charge in [-0.2, -0.15) is 0 Å². The Hall–Kier alpha value is -1.43. The van der Waals surface area contributed by atoms with Crippen LogP contribution in [0.15, 0.2) is 30.3 Å². The monoisotopic (exact) mass is 304 g/mol. The summed E-state index contributed by atoms with van der Waals surface area (Å²) in [5.74, 6) is 0.0292. The Morgan fingerprint density at radius 2 is 1.95 bits per heavy atom. The SMILES string of the molecule is O=C(NCC1(c2ccccc2)CCOCC1)C1COCCN1. The third-order valence-corrected chi connectivity index (χ3v) is 4.68. The van der Waals surface area contributed by atoms with Crippen LogP contribution in [0, 0.1) is 0 Å². The van der Waals surface area contributed by atoms with Gasteiger partial charge in [0.2, 0.25) is 5.91 Å². The van der Waals surface area contributed by atoms with Crippen molar-refractivity contribution in [3.8, 4) is 0 Å². The molecule has 22 heavy (non-hydrogen) atoms. The van der Waals surface area contributed by atoms with Gasteiger partial charge in [-0.15, -0.1) is 0 Å². The molecule has 1 amide bonds. The molecular formula is C17H24N2O3. The molecule has 120 valence electrons. The summed E-state index contributed by atoms with van der Waals surface area (Å²) in [5, 5.41) is 6.32. The van der Waals surface area contributed by atoms with E-state index >= 15 is 0 Å². The van der Waals surface area contributed by atoms with E-state index in [0.29, 0.717) is 19.8 Å². The van der Waals surface area contributed by atoms with Crippen molar-refractivity contribution in [2.45, 2.75) is 24.3 Å². The van der Waals surface area contributed by atoms with E-state index in [9.17, 15) is 4.79 Å². The fraction of sp³-hybridized carbons (Fsp3) is 0.588. The molecule has 0 spiro atoms. The predicted molar refractivity (Wildman–Crippen MR) is 83.8 cm³/mol. The van der Waals surface area contributed by atoms with Crippen LogP contribution in [0.25, 0.3) is 0 Å². The van der Waals surface area contributed by atoms with Gasteiger partial charge in [0.15, 0.2) is 0 Å². The van der Waals surface area contributed by atoms with E-state index in [1.165, 1.54) is 5.56 Å². The molecule has 5 heteroatoms. The average molecular weight is 304 g/mol. The molecule has 2 heterocycles. The summed E-state index contributed by atoms with van der Waals surface area (Å²) in [7, 11) is 0. The highest BCUT2D eigenvalue weighted by atomic mass is 16.5. The molecule has 0 bridgehead atoms. The van der Waals surface area contributed by atoms with Gasteiger partial charge in [-0.25, -0.2) is 0 Å². The zero-order chi connectivity index (χ0) is 15.3. The second-order valence-electron chi connectivity index (χ2n) is 6.06. The van der Waals surface area contributed by atoms with Gasteiger partial charge in [0, 0.05) is 31.7 Å². The maximum absolute atomic E-state index is 12.3. The van der Waals surface area contributed by atoms with Crippen LogP contribution in [0.1, 0.15) is 18.4 Å². The number of nitrogens with one attached hydrogen (secondary N) is 2. The molecule has 5 nitrogen and oxygen atoms in total. The Kier molecular flexibility index (Phi) is 5.08. The molecule has 0 aromatic heterocycles. The van der Waals surface area contributed by atoms with Crippen LogP contribution in [-0.4, -0.2) is 51.5 Å². The van der Waals surface area contributed by atoms with Crippen molar-refractivity contribution in [1.82, 2.24) is 10.6 Å². The first-order chi connectivity index (χ1) is 10.8. The number of rotatable bonds is 4. The Morgan fingerprint density at radius 1 is 1.18 bits per heavy atom. The number of ether oxygens (including phenoxy) is 2. The Morgan fingerprint density at radius 3 is 2.64 bits per heavy atom. The second kappa shape index (κ2) is 7.22. The molecule has 1 unspecified atom stereocenters. The molecule has 3 rings (SSSR count). The van der Waals surface area contributed by atoms with Crippen molar-refractivity contribution in [2.24, 2.45) is 0 Å². The quantitative estimate of drug-likeness (QED) is 0.865. The molecule has 1 atom stereocenters. The first-order valence-corrected chi connectivity index (χ1v) is 8.02. The summed E-state index contributed by atoms with van der Waals surface area (Å²) in [6.07, 6.45) is 1.87. The van der Waals surface area contributed by atoms with Crippen LogP contribution < -0.4 is 10.6 Å². The summed E-state index contributed by atoms with van der Waals surface area (Å²) in [6, 6.07) is 10.2. The third-order valence-electron chi connectivity index (χ3n) is 4.68. The van der Waals surface area contributed by atoms with E-state index in [1.807, 2.05) is 6.07 Å². The Labute approximate surface area is 131 Å². The topological polar surface area (TPSA) is 59.6 Å². The normalized spacial score (nSPS) is 24.6. The van der Waals surface area contributed by atoms with Crippen molar-refractivity contribution < 1.29 is 14.3 Å². The fourth-order valence-electron chi connectivity index (χ4n) is 3.23. The minimum Gasteiger partial charge on any atom is -0.381 e. The van der Waals surface area contributed by atoms with E-state index in [0.717, 1.165) is 32.6 Å². The Bertz CT molecular complexity index is 480. The highest BCUT2D eigenvalue weighted by molar-refractivity contribution is 5.82. The number of carbonyl (C=O) groups excluding carboxylic acids is 1. The van der Waals surface area contributed by atoms with Crippen LogP contribution in [0.4, 0.5) is 0 Å². The van der Waals surface area contributed by atoms with Crippen molar-refractivity contribution in [1.29, 1.82) is 0 Å². The molecule has 0 radical (unpaired) electrons. The van der Waals surface area contributed by atoms with E-state index < -0.39 is 0 Å². The van der Waals surface area contributed by atoms with Gasteiger partial charge in [-0.05, 0) is 18.4 Å². The summed E-state index contributed by atoms with van der Waals surface area (Å²) >= 11 is 0. The molecule has 2 saturated heterocycles. The number of amides is 1. The maximum Gasteiger partial charge on any atom is 0.239 e. The van der Waals surface area contributed by atoms with Crippen LogP contribution >= 0.6 is 0 Å². The van der Waals surface area contributed by atoms with Gasteiger partial charge >= 0.3 is 0 Å². The molecule has 2 aliphatic rings. The van der Waals surface area contributed by atoms with Gasteiger partial charge in [0.05, 0.1) is 13.2 Å². The lowest BCUT2D eigenvalue weighted by molar-refractivity contribution is -0.126. The van der Waals surface area contributed by atoms with Crippen LogP contribution in [0.2, 0.25) is 0 Å². The smallest absolute Gasteiger partial charge is 0.239 e. The number of benzene rings is 1. The minimum atomic E-state index is -0.235. The van der Waals surface area contributed by atoms with Gasteiger partial charge in [-0.1, -0.05) is 30.3 Å². The summed E-state index contributed by atoms with van der Waals surface area (Å²) in [5.41, 5.74) is 1.26. The van der Waals surface area contributed by atoms with Crippen molar-refractivity contribution in [3.63, 3.8) is 0 Å². The van der Waals surface area contributed by atoms with E-state index in [4.69, 9.17) is 9.47 Å². The van der Waals surface area contributed by atoms with Crippen molar-refractivity contribution in [3.05, 3.63) is 35.9 Å². The summed E-state index contributed by atoms with van der Waals surface area (Å²) in [4.78, 5) is 12.3. The zero-order valence-corrected chi connectivity index (χ0v) is 12.8. The molecule has 2 aliphatic heterocycles. The molecule has 0 aliphatic carbocycles. The lowest BCUT2D eigenvalue weighted by atomic mass is 9.74. The summed E-state index contributed by atoms with van der Waals surface area (Å²) < 4.78 is 10.9. The number of hydrogen-bond donors (Lipinski definition) is 2. The van der Waals surface area contributed by atoms with Crippen LogP contribution in [0.5, 0.6) is 0 Å². The number of morpholine rings is 1. The highest BCUT2D eigenvalue weighted by Gasteiger charge is 2.35. The Balaban J connectivity index is 1.67. The zero-order valence-electron chi connectivity index (χ0n) is 12.8. The average Bonchev–Trinajstić information content (AvgIpc) is 2.62. The van der Waals surface area contributed by atoms with E-state index in [1.54, 1.807) is 0 Å². The third kappa shape index (κ3) is 3.48. The largest absolute Gasteiger partial charge is 0.381 e. The molecule has 1 aromatic rings. The van der Waals surface area contributed by atoms with Crippen LogP contribution in [-0.2, 0) is 19.7 Å². The molecule has 1 aromatic carbocycles. The van der Waals surface area contributed by atoms with Crippen LogP contribution in [0.3, 0.4) is 0 Å². The van der Waals surface area contributed by atoms with Gasteiger partial charge in [0.1, 0.15) is 6.04 Å². The van der Waals surface area contributed by atoms with Crippen molar-refractivity contribution in [2.75, 3.05) is 39.5 Å². The second-order valence-corrected chi connectivity index (χ2v) is 6.06. The molecule has 2 fully saturated rings. The highest BCUT2D eigenvalue weighted by Crippen LogP contribution is 2.34. The first kappa shape index (κ1) is 15.5. The summed E-state index contributed by atoms with van der Waals surface area (Å²) in [6.45, 7) is 4.00. The minimum absolute atomic E-state index is 0.0231. The molecule has 0 saturated carbocycles. The fourth-order valence-corrected chi connectivity index (χ4v) is 3.23. The van der Waals surface area contributed by atoms with E-state index in [2.05, 4.69) is 34.9 Å². The molecular weight excluding hydrogens is 280 g/mol. The standard InChI is InChI=1S/C17H24N2O3/c20-16(15-12-22-11-8-18-15)19-13-17(6-9-21-10-7-17)14-4-2-1-3-5-14/h1-5,15,18H,6-13H2,(H,19,20). The van der Waals surface area contributed by atoms with E-state index in [-0.39, 0.29) is 17.4 Å². The first-order valence-electron chi connectivity index (χ1n) is 8.02. The number of hydrogen-bond acceptors (Lipinski definition) is 4. The van der Waals surface area contributed by atoms with Gasteiger partial charge in [-0.3, -0.25) is 4.79 Å². The molecule has 2 N–H and O–H groups in total. The lowest BCUT2D eigenvalue weighted by Gasteiger charge is -2.38. The number of carbonyl (C=O) groups is 1. The van der Waals surface area contributed by atoms with Crippen molar-refractivity contribution >= 4 is 5.91 Å².